The van der Waals surface area contributed by atoms with Gasteiger partial charge in [0.1, 0.15) is 6.26 Å². The summed E-state index contributed by atoms with van der Waals surface area (Å²) in [5.41, 5.74) is 0.432. The average Bonchev–Trinajstić information content (AvgIpc) is 3.00. The summed E-state index contributed by atoms with van der Waals surface area (Å²) >= 11 is 0. The van der Waals surface area contributed by atoms with Crippen molar-refractivity contribution in [2.75, 3.05) is 13.1 Å². The maximum atomic E-state index is 12.3. The van der Waals surface area contributed by atoms with Gasteiger partial charge in [0, 0.05) is 12.0 Å². The number of aromatic nitrogens is 1. The number of oxazole rings is 1. The first-order chi connectivity index (χ1) is 10.2. The molecule has 2 N–H and O–H groups in total. The molecule has 21 heavy (non-hydrogen) atoms. The van der Waals surface area contributed by atoms with Gasteiger partial charge in [0.05, 0.1) is 0 Å². The van der Waals surface area contributed by atoms with E-state index >= 15 is 0 Å². The standard InChI is InChI=1S/C16H25N3O2/c1-11-4-2-3-5-13(11)18-15(20)14-10-21-16(19-14)12-6-8-17-9-7-12/h10-13,17H,2-9H2,1H3,(H,18,20). The molecule has 1 aliphatic heterocycles. The van der Waals surface area contributed by atoms with Crippen LogP contribution in [0.15, 0.2) is 10.7 Å². The predicted octanol–water partition coefficient (Wildman–Crippen LogP) is 2.45. The van der Waals surface area contributed by atoms with Crippen LogP contribution < -0.4 is 10.6 Å². The van der Waals surface area contributed by atoms with Gasteiger partial charge in [-0.2, -0.15) is 0 Å². The van der Waals surface area contributed by atoms with Gasteiger partial charge < -0.3 is 15.1 Å². The second-order valence-electron chi connectivity index (χ2n) is 6.44. The highest BCUT2D eigenvalue weighted by Gasteiger charge is 2.26. The summed E-state index contributed by atoms with van der Waals surface area (Å²) < 4.78 is 5.54. The molecule has 0 bridgehead atoms. The number of carbonyl (C=O) groups excluding carboxylic acids is 1. The molecule has 1 aromatic heterocycles. The highest BCUT2D eigenvalue weighted by molar-refractivity contribution is 5.92. The maximum absolute atomic E-state index is 12.3. The molecule has 2 aliphatic rings. The molecule has 5 heteroatoms. The number of amides is 1. The Bertz CT molecular complexity index is 480. The lowest BCUT2D eigenvalue weighted by atomic mass is 9.86. The van der Waals surface area contributed by atoms with Crippen LogP contribution in [0.25, 0.3) is 0 Å². The third kappa shape index (κ3) is 3.46. The van der Waals surface area contributed by atoms with Crippen LogP contribution in [0.3, 0.4) is 0 Å². The molecule has 1 aliphatic carbocycles. The van der Waals surface area contributed by atoms with E-state index in [0.717, 1.165) is 38.2 Å². The Labute approximate surface area is 125 Å². The molecular weight excluding hydrogens is 266 g/mol. The van der Waals surface area contributed by atoms with E-state index < -0.39 is 0 Å². The Hall–Kier alpha value is -1.36. The Kier molecular flexibility index (Phi) is 4.58. The highest BCUT2D eigenvalue weighted by atomic mass is 16.3. The monoisotopic (exact) mass is 291 g/mol. The molecule has 0 radical (unpaired) electrons. The van der Waals surface area contributed by atoms with Crippen molar-refractivity contribution < 1.29 is 9.21 Å². The summed E-state index contributed by atoms with van der Waals surface area (Å²) in [6, 6.07) is 0.283. The number of hydrogen-bond donors (Lipinski definition) is 2. The fourth-order valence-corrected chi connectivity index (χ4v) is 3.42. The number of carbonyl (C=O) groups is 1. The summed E-state index contributed by atoms with van der Waals surface area (Å²) in [5.74, 6) is 1.54. The molecule has 5 nitrogen and oxygen atoms in total. The van der Waals surface area contributed by atoms with Crippen molar-refractivity contribution in [1.82, 2.24) is 15.6 Å². The molecule has 1 saturated carbocycles. The summed E-state index contributed by atoms with van der Waals surface area (Å²) in [4.78, 5) is 16.7. The van der Waals surface area contributed by atoms with Crippen molar-refractivity contribution in [3.8, 4) is 0 Å². The lowest BCUT2D eigenvalue weighted by molar-refractivity contribution is 0.0905. The summed E-state index contributed by atoms with van der Waals surface area (Å²) in [6.07, 6.45) is 8.32. The third-order valence-corrected chi connectivity index (χ3v) is 4.87. The first-order valence-electron chi connectivity index (χ1n) is 8.21. The van der Waals surface area contributed by atoms with Gasteiger partial charge in [0.15, 0.2) is 11.6 Å². The van der Waals surface area contributed by atoms with E-state index in [4.69, 9.17) is 4.42 Å². The number of piperidine rings is 1. The maximum Gasteiger partial charge on any atom is 0.273 e. The summed E-state index contributed by atoms with van der Waals surface area (Å²) in [7, 11) is 0. The van der Waals surface area contributed by atoms with Gasteiger partial charge in [-0.15, -0.1) is 0 Å². The smallest absolute Gasteiger partial charge is 0.273 e. The van der Waals surface area contributed by atoms with E-state index in [0.29, 0.717) is 17.5 Å². The first-order valence-corrected chi connectivity index (χ1v) is 8.21. The minimum atomic E-state index is -0.0855. The Balaban J connectivity index is 1.60. The van der Waals surface area contributed by atoms with Crippen molar-refractivity contribution in [2.45, 2.75) is 57.4 Å². The van der Waals surface area contributed by atoms with Crippen molar-refractivity contribution in [1.29, 1.82) is 0 Å². The van der Waals surface area contributed by atoms with Crippen LogP contribution >= 0.6 is 0 Å². The van der Waals surface area contributed by atoms with Gasteiger partial charge in [-0.3, -0.25) is 4.79 Å². The molecule has 1 aromatic rings. The summed E-state index contributed by atoms with van der Waals surface area (Å²) in [5, 5.41) is 6.45. The lowest BCUT2D eigenvalue weighted by Gasteiger charge is -2.29. The SMILES string of the molecule is CC1CCCCC1NC(=O)c1coc(C2CCNCC2)n1. The average molecular weight is 291 g/mol. The van der Waals surface area contributed by atoms with Gasteiger partial charge in [0.25, 0.3) is 5.91 Å². The van der Waals surface area contributed by atoms with Crippen molar-refractivity contribution >= 4 is 5.91 Å². The largest absolute Gasteiger partial charge is 0.448 e. The topological polar surface area (TPSA) is 67.2 Å². The molecule has 2 fully saturated rings. The molecule has 0 aromatic carbocycles. The van der Waals surface area contributed by atoms with Crippen LogP contribution in [0.2, 0.25) is 0 Å². The molecule has 2 heterocycles. The molecule has 2 atom stereocenters. The Morgan fingerprint density at radius 2 is 2.05 bits per heavy atom. The van der Waals surface area contributed by atoms with Gasteiger partial charge in [-0.25, -0.2) is 4.98 Å². The fraction of sp³-hybridized carbons (Fsp3) is 0.750. The van der Waals surface area contributed by atoms with E-state index in [1.807, 2.05) is 0 Å². The number of nitrogens with zero attached hydrogens (tertiary/aromatic N) is 1. The van der Waals surface area contributed by atoms with Crippen LogP contribution in [0.1, 0.15) is 67.7 Å². The highest BCUT2D eigenvalue weighted by Crippen LogP contribution is 2.26. The second-order valence-corrected chi connectivity index (χ2v) is 6.44. The van der Waals surface area contributed by atoms with Crippen molar-refractivity contribution in [2.24, 2.45) is 5.92 Å². The van der Waals surface area contributed by atoms with Gasteiger partial charge in [-0.05, 0) is 44.7 Å². The zero-order chi connectivity index (χ0) is 14.7. The van der Waals surface area contributed by atoms with Crippen LogP contribution in [-0.4, -0.2) is 30.0 Å². The molecule has 2 unspecified atom stereocenters. The molecule has 116 valence electrons. The third-order valence-electron chi connectivity index (χ3n) is 4.87. The first kappa shape index (κ1) is 14.6. The van der Waals surface area contributed by atoms with E-state index in [1.54, 1.807) is 0 Å². The number of hydrogen-bond acceptors (Lipinski definition) is 4. The van der Waals surface area contributed by atoms with Crippen LogP contribution in [0.5, 0.6) is 0 Å². The summed E-state index contributed by atoms with van der Waals surface area (Å²) in [6.45, 7) is 4.20. The van der Waals surface area contributed by atoms with Gasteiger partial charge in [0.2, 0.25) is 0 Å². The minimum absolute atomic E-state index is 0.0855. The normalized spacial score (nSPS) is 27.5. The van der Waals surface area contributed by atoms with E-state index in [9.17, 15) is 4.79 Å². The van der Waals surface area contributed by atoms with Crippen LogP contribution in [0.4, 0.5) is 0 Å². The van der Waals surface area contributed by atoms with Crippen molar-refractivity contribution in [3.05, 3.63) is 17.8 Å². The molecular formula is C16H25N3O2. The second kappa shape index (κ2) is 6.60. The van der Waals surface area contributed by atoms with Gasteiger partial charge in [-0.1, -0.05) is 19.8 Å². The molecule has 3 rings (SSSR count). The zero-order valence-electron chi connectivity index (χ0n) is 12.7. The Morgan fingerprint density at radius 1 is 1.29 bits per heavy atom. The molecule has 0 spiro atoms. The van der Waals surface area contributed by atoms with Crippen molar-refractivity contribution in [3.63, 3.8) is 0 Å². The minimum Gasteiger partial charge on any atom is -0.448 e. The Morgan fingerprint density at radius 3 is 2.81 bits per heavy atom. The zero-order valence-corrected chi connectivity index (χ0v) is 12.7. The number of rotatable bonds is 3. The van der Waals surface area contributed by atoms with E-state index in [1.165, 1.54) is 25.5 Å². The lowest BCUT2D eigenvalue weighted by Crippen LogP contribution is -2.41. The van der Waals surface area contributed by atoms with Crippen LogP contribution in [0, 0.1) is 5.92 Å². The van der Waals surface area contributed by atoms with E-state index in [-0.39, 0.29) is 11.9 Å². The number of nitrogens with one attached hydrogen (secondary N) is 2. The fourth-order valence-electron chi connectivity index (χ4n) is 3.42. The van der Waals surface area contributed by atoms with E-state index in [2.05, 4.69) is 22.5 Å². The predicted molar refractivity (Wildman–Crippen MR) is 80.2 cm³/mol. The molecule has 1 saturated heterocycles. The molecule has 1 amide bonds. The quantitative estimate of drug-likeness (QED) is 0.897. The van der Waals surface area contributed by atoms with Crippen LogP contribution in [-0.2, 0) is 0 Å². The van der Waals surface area contributed by atoms with Gasteiger partial charge >= 0.3 is 0 Å².